The summed E-state index contributed by atoms with van der Waals surface area (Å²) in [5.74, 6) is 0.0710. The molecule has 0 fully saturated rings. The number of aromatic nitrogens is 2. The summed E-state index contributed by atoms with van der Waals surface area (Å²) >= 11 is 0. The number of anilines is 1. The van der Waals surface area contributed by atoms with Crippen LogP contribution in [0.1, 0.15) is 25.8 Å². The van der Waals surface area contributed by atoms with E-state index < -0.39 is 0 Å². The number of amides is 1. The van der Waals surface area contributed by atoms with Crippen LogP contribution in [0.25, 0.3) is 16.7 Å². The molecule has 0 aliphatic heterocycles. The Kier molecular flexibility index (Phi) is 4.48. The van der Waals surface area contributed by atoms with Crippen LogP contribution in [0.4, 0.5) is 10.3 Å². The van der Waals surface area contributed by atoms with E-state index >= 15 is 0 Å². The van der Waals surface area contributed by atoms with E-state index in [-0.39, 0.29) is 17.6 Å². The monoisotopic (exact) mass is 336 g/mol. The van der Waals surface area contributed by atoms with Gasteiger partial charge in [0.05, 0.1) is 22.7 Å². The van der Waals surface area contributed by atoms with Gasteiger partial charge in [-0.25, -0.2) is 9.37 Å². The third kappa shape index (κ3) is 3.50. The summed E-state index contributed by atoms with van der Waals surface area (Å²) < 4.78 is 15.0. The Morgan fingerprint density at radius 1 is 1.28 bits per heavy atom. The van der Waals surface area contributed by atoms with Crippen LogP contribution in [-0.4, -0.2) is 15.5 Å². The van der Waals surface area contributed by atoms with Crippen molar-refractivity contribution in [3.05, 3.63) is 53.8 Å². The smallest absolute Gasteiger partial charge is 0.226 e. The van der Waals surface area contributed by atoms with E-state index in [1.807, 2.05) is 13.8 Å². The SMILES string of the molecule is CC(C)CC(=O)Nc1nc2ccc(C#N)cc2n1-c1ccc(F)cc1. The lowest BCUT2D eigenvalue weighted by Crippen LogP contribution is -2.17. The number of fused-ring (bicyclic) bond motifs is 1. The number of hydrogen-bond acceptors (Lipinski definition) is 3. The highest BCUT2D eigenvalue weighted by molar-refractivity contribution is 5.92. The molecular formula is C19H17FN4O. The molecule has 1 amide bonds. The molecule has 0 saturated heterocycles. The summed E-state index contributed by atoms with van der Waals surface area (Å²) in [5, 5.41) is 12.0. The van der Waals surface area contributed by atoms with Crippen LogP contribution in [0, 0.1) is 23.1 Å². The number of rotatable bonds is 4. The Hall–Kier alpha value is -3.20. The predicted molar refractivity (Wildman–Crippen MR) is 93.8 cm³/mol. The van der Waals surface area contributed by atoms with Crippen LogP contribution in [-0.2, 0) is 4.79 Å². The third-order valence-electron chi connectivity index (χ3n) is 3.71. The molecule has 0 spiro atoms. The minimum Gasteiger partial charge on any atom is -0.296 e. The first-order chi connectivity index (χ1) is 12.0. The fraction of sp³-hybridized carbons (Fsp3) is 0.211. The average molecular weight is 336 g/mol. The molecule has 2 aromatic carbocycles. The van der Waals surface area contributed by atoms with E-state index in [2.05, 4.69) is 16.4 Å². The molecule has 1 aromatic heterocycles. The molecule has 0 bridgehead atoms. The maximum atomic E-state index is 13.3. The number of hydrogen-bond donors (Lipinski definition) is 1. The van der Waals surface area contributed by atoms with Crippen LogP contribution in [0.5, 0.6) is 0 Å². The number of carbonyl (C=O) groups is 1. The van der Waals surface area contributed by atoms with Crippen molar-refractivity contribution in [1.29, 1.82) is 5.26 Å². The molecule has 3 rings (SSSR count). The van der Waals surface area contributed by atoms with Crippen molar-refractivity contribution in [2.24, 2.45) is 5.92 Å². The summed E-state index contributed by atoms with van der Waals surface area (Å²) in [6.07, 6.45) is 0.371. The number of halogens is 1. The highest BCUT2D eigenvalue weighted by atomic mass is 19.1. The van der Waals surface area contributed by atoms with Gasteiger partial charge in [0.25, 0.3) is 0 Å². The fourth-order valence-electron chi connectivity index (χ4n) is 2.63. The van der Waals surface area contributed by atoms with Crippen LogP contribution in [0.15, 0.2) is 42.5 Å². The Morgan fingerprint density at radius 3 is 2.64 bits per heavy atom. The first-order valence-corrected chi connectivity index (χ1v) is 7.96. The zero-order valence-electron chi connectivity index (χ0n) is 14.0. The second-order valence-corrected chi connectivity index (χ2v) is 6.21. The Labute approximate surface area is 144 Å². The highest BCUT2D eigenvalue weighted by Gasteiger charge is 2.16. The average Bonchev–Trinajstić information content (AvgIpc) is 2.91. The minimum absolute atomic E-state index is 0.144. The Morgan fingerprint density at radius 2 is 2.00 bits per heavy atom. The molecular weight excluding hydrogens is 319 g/mol. The van der Waals surface area contributed by atoms with Crippen molar-refractivity contribution in [2.75, 3.05) is 5.32 Å². The molecule has 1 heterocycles. The lowest BCUT2D eigenvalue weighted by Gasteiger charge is -2.11. The summed E-state index contributed by atoms with van der Waals surface area (Å²) in [6, 6.07) is 13.1. The van der Waals surface area contributed by atoms with Gasteiger partial charge in [0.15, 0.2) is 0 Å². The minimum atomic E-state index is -0.351. The van der Waals surface area contributed by atoms with Crippen molar-refractivity contribution < 1.29 is 9.18 Å². The molecule has 1 N–H and O–H groups in total. The molecule has 3 aromatic rings. The standard InChI is InChI=1S/C19H17FN4O/c1-12(2)9-18(25)23-19-22-16-8-3-13(11-21)10-17(16)24(19)15-6-4-14(20)5-7-15/h3-8,10,12H,9H2,1-2H3,(H,22,23,25). The molecule has 5 nitrogen and oxygen atoms in total. The third-order valence-corrected chi connectivity index (χ3v) is 3.71. The molecule has 0 radical (unpaired) electrons. The zero-order chi connectivity index (χ0) is 18.0. The molecule has 0 saturated carbocycles. The van der Waals surface area contributed by atoms with Crippen molar-refractivity contribution in [3.63, 3.8) is 0 Å². The predicted octanol–water partition coefficient (Wildman–Crippen LogP) is 4.02. The zero-order valence-corrected chi connectivity index (χ0v) is 14.0. The van der Waals surface area contributed by atoms with Gasteiger partial charge in [0.1, 0.15) is 5.82 Å². The van der Waals surface area contributed by atoms with Gasteiger partial charge in [0, 0.05) is 12.1 Å². The second kappa shape index (κ2) is 6.73. The van der Waals surface area contributed by atoms with Gasteiger partial charge in [-0.05, 0) is 48.4 Å². The van der Waals surface area contributed by atoms with Gasteiger partial charge in [-0.3, -0.25) is 14.7 Å². The van der Waals surface area contributed by atoms with Crippen molar-refractivity contribution >= 4 is 22.9 Å². The van der Waals surface area contributed by atoms with Crippen molar-refractivity contribution in [2.45, 2.75) is 20.3 Å². The van der Waals surface area contributed by atoms with Crippen molar-refractivity contribution in [1.82, 2.24) is 9.55 Å². The first kappa shape index (κ1) is 16.7. The number of carbonyl (C=O) groups excluding carboxylic acids is 1. The fourth-order valence-corrected chi connectivity index (χ4v) is 2.63. The van der Waals surface area contributed by atoms with Crippen LogP contribution in [0.2, 0.25) is 0 Å². The van der Waals surface area contributed by atoms with Gasteiger partial charge in [0.2, 0.25) is 11.9 Å². The maximum absolute atomic E-state index is 13.3. The topological polar surface area (TPSA) is 70.7 Å². The molecule has 0 aliphatic rings. The summed E-state index contributed by atoms with van der Waals surface area (Å²) in [4.78, 5) is 16.6. The number of imidazole rings is 1. The quantitative estimate of drug-likeness (QED) is 0.782. The second-order valence-electron chi connectivity index (χ2n) is 6.21. The summed E-state index contributed by atoms with van der Waals surface area (Å²) in [5.41, 5.74) is 2.45. The van der Waals surface area contributed by atoms with Gasteiger partial charge < -0.3 is 0 Å². The van der Waals surface area contributed by atoms with E-state index in [0.29, 0.717) is 34.7 Å². The summed E-state index contributed by atoms with van der Waals surface area (Å²) in [7, 11) is 0. The lowest BCUT2D eigenvalue weighted by atomic mass is 10.1. The Bertz CT molecular complexity index is 967. The highest BCUT2D eigenvalue weighted by Crippen LogP contribution is 2.26. The van der Waals surface area contributed by atoms with Crippen LogP contribution < -0.4 is 5.32 Å². The van der Waals surface area contributed by atoms with E-state index in [4.69, 9.17) is 5.26 Å². The number of benzene rings is 2. The molecule has 126 valence electrons. The molecule has 0 aliphatic carbocycles. The van der Waals surface area contributed by atoms with Gasteiger partial charge >= 0.3 is 0 Å². The van der Waals surface area contributed by atoms with Gasteiger partial charge in [-0.1, -0.05) is 13.8 Å². The van der Waals surface area contributed by atoms with E-state index in [9.17, 15) is 9.18 Å². The number of nitrogens with zero attached hydrogens (tertiary/aromatic N) is 3. The first-order valence-electron chi connectivity index (χ1n) is 7.96. The Balaban J connectivity index is 2.15. The normalized spacial score (nSPS) is 10.8. The number of nitriles is 1. The molecule has 0 unspecified atom stereocenters. The maximum Gasteiger partial charge on any atom is 0.226 e. The van der Waals surface area contributed by atoms with E-state index in [0.717, 1.165) is 0 Å². The summed E-state index contributed by atoms with van der Waals surface area (Å²) in [6.45, 7) is 3.92. The molecule has 6 heteroatoms. The van der Waals surface area contributed by atoms with Crippen LogP contribution >= 0.6 is 0 Å². The van der Waals surface area contributed by atoms with E-state index in [1.54, 1.807) is 34.9 Å². The van der Waals surface area contributed by atoms with Crippen LogP contribution in [0.3, 0.4) is 0 Å². The van der Waals surface area contributed by atoms with Crippen molar-refractivity contribution in [3.8, 4) is 11.8 Å². The lowest BCUT2D eigenvalue weighted by molar-refractivity contribution is -0.116. The number of nitrogens with one attached hydrogen (secondary N) is 1. The molecule has 0 atom stereocenters. The van der Waals surface area contributed by atoms with Gasteiger partial charge in [-0.15, -0.1) is 0 Å². The molecule has 25 heavy (non-hydrogen) atoms. The largest absolute Gasteiger partial charge is 0.296 e. The van der Waals surface area contributed by atoms with Gasteiger partial charge in [-0.2, -0.15) is 5.26 Å². The van der Waals surface area contributed by atoms with E-state index in [1.165, 1.54) is 12.1 Å².